The number of hydrogen-bond acceptors (Lipinski definition) is 5. The molecule has 5 nitrogen and oxygen atoms in total. The fourth-order valence-corrected chi connectivity index (χ4v) is 4.88. The Morgan fingerprint density at radius 2 is 1.93 bits per heavy atom. The highest BCUT2D eigenvalue weighted by Crippen LogP contribution is 2.33. The molecule has 2 aliphatic heterocycles. The van der Waals surface area contributed by atoms with E-state index in [0.717, 1.165) is 54.6 Å². The van der Waals surface area contributed by atoms with E-state index in [2.05, 4.69) is 68.0 Å². The highest BCUT2D eigenvalue weighted by Gasteiger charge is 2.29. The molecule has 1 unspecified atom stereocenters. The number of fused-ring (bicyclic) bond motifs is 2. The number of rotatable bonds is 5. The van der Waals surface area contributed by atoms with E-state index < -0.39 is 6.10 Å². The van der Waals surface area contributed by atoms with Crippen LogP contribution in [0.15, 0.2) is 46.9 Å². The Hall–Kier alpha value is -1.73. The standard InChI is InChI=1S/C23H28BrN3O2/c1-25-10-11-27(23(16-28)21-7-6-19(24)12-22(21)25)15-20(29)14-26-9-8-17-4-2-3-5-18(17)13-26/h2-7,12,16,20,23,29H,8-11,13-15H2,1H3/t20-,23?/m1/s1. The van der Waals surface area contributed by atoms with Gasteiger partial charge >= 0.3 is 0 Å². The van der Waals surface area contributed by atoms with E-state index in [1.54, 1.807) is 0 Å². The molecule has 2 heterocycles. The third-order valence-corrected chi connectivity index (χ3v) is 6.58. The topological polar surface area (TPSA) is 47.0 Å². The van der Waals surface area contributed by atoms with Gasteiger partial charge in [-0.1, -0.05) is 46.3 Å². The Kier molecular flexibility index (Phi) is 6.35. The average molecular weight is 458 g/mol. The fourth-order valence-electron chi connectivity index (χ4n) is 4.53. The van der Waals surface area contributed by atoms with Crippen molar-refractivity contribution in [2.45, 2.75) is 25.1 Å². The van der Waals surface area contributed by atoms with Gasteiger partial charge in [-0.25, -0.2) is 0 Å². The summed E-state index contributed by atoms with van der Waals surface area (Å²) in [6.45, 7) is 4.52. The van der Waals surface area contributed by atoms with Gasteiger partial charge in [-0.05, 0) is 35.2 Å². The Balaban J connectivity index is 1.44. The van der Waals surface area contributed by atoms with Gasteiger partial charge in [0.25, 0.3) is 0 Å². The molecule has 154 valence electrons. The van der Waals surface area contributed by atoms with Crippen molar-refractivity contribution in [1.82, 2.24) is 9.80 Å². The molecular formula is C23H28BrN3O2. The zero-order valence-corrected chi connectivity index (χ0v) is 18.4. The Bertz CT molecular complexity index is 875. The second-order valence-electron chi connectivity index (χ2n) is 8.11. The van der Waals surface area contributed by atoms with Gasteiger partial charge in [0.15, 0.2) is 0 Å². The molecule has 0 bridgehead atoms. The van der Waals surface area contributed by atoms with Gasteiger partial charge in [-0.15, -0.1) is 0 Å². The quantitative estimate of drug-likeness (QED) is 0.699. The molecule has 1 N–H and O–H groups in total. The minimum Gasteiger partial charge on any atom is -0.390 e. The lowest BCUT2D eigenvalue weighted by Crippen LogP contribution is -2.44. The first-order chi connectivity index (χ1) is 14.0. The number of β-amino-alcohol motifs (C(OH)–C–C–N with tert-alkyl or cyclic N) is 1. The SMILES string of the molecule is CN1CCN(C[C@H](O)CN2CCc3ccccc3C2)C(C=O)c2ccc(Br)cc21. The first-order valence-electron chi connectivity index (χ1n) is 10.2. The summed E-state index contributed by atoms with van der Waals surface area (Å²) in [4.78, 5) is 18.6. The molecule has 0 fully saturated rings. The van der Waals surface area contributed by atoms with E-state index in [9.17, 15) is 9.90 Å². The van der Waals surface area contributed by atoms with Gasteiger partial charge in [-0.3, -0.25) is 9.80 Å². The molecule has 2 aromatic rings. The van der Waals surface area contributed by atoms with Crippen LogP contribution in [0.4, 0.5) is 5.69 Å². The van der Waals surface area contributed by atoms with Crippen LogP contribution in [0.1, 0.15) is 22.7 Å². The highest BCUT2D eigenvalue weighted by atomic mass is 79.9. The summed E-state index contributed by atoms with van der Waals surface area (Å²) < 4.78 is 1.01. The highest BCUT2D eigenvalue weighted by molar-refractivity contribution is 9.10. The van der Waals surface area contributed by atoms with Crippen molar-refractivity contribution in [3.8, 4) is 0 Å². The molecule has 0 radical (unpaired) electrons. The number of likely N-dealkylation sites (N-methyl/N-ethyl adjacent to an activating group) is 1. The fraction of sp³-hybridized carbons (Fsp3) is 0.435. The van der Waals surface area contributed by atoms with Crippen LogP contribution in [0.2, 0.25) is 0 Å². The van der Waals surface area contributed by atoms with Gasteiger partial charge in [0.2, 0.25) is 0 Å². The van der Waals surface area contributed by atoms with Gasteiger partial charge in [-0.2, -0.15) is 0 Å². The summed E-state index contributed by atoms with van der Waals surface area (Å²) in [5, 5.41) is 10.8. The van der Waals surface area contributed by atoms with E-state index in [-0.39, 0.29) is 6.04 Å². The van der Waals surface area contributed by atoms with Gasteiger partial charge < -0.3 is 14.8 Å². The lowest BCUT2D eigenvalue weighted by Gasteiger charge is -2.33. The third-order valence-electron chi connectivity index (χ3n) is 6.09. The Labute approximate surface area is 181 Å². The molecule has 0 aromatic heterocycles. The van der Waals surface area contributed by atoms with E-state index in [1.165, 1.54) is 11.1 Å². The largest absolute Gasteiger partial charge is 0.390 e. The maximum absolute atomic E-state index is 12.0. The second kappa shape index (κ2) is 8.96. The molecule has 6 heteroatoms. The van der Waals surface area contributed by atoms with Crippen molar-refractivity contribution in [3.63, 3.8) is 0 Å². The van der Waals surface area contributed by atoms with Crippen LogP contribution in [0.3, 0.4) is 0 Å². The van der Waals surface area contributed by atoms with Crippen molar-refractivity contribution in [2.75, 3.05) is 44.7 Å². The number of benzene rings is 2. The number of carbonyl (C=O) groups is 1. The van der Waals surface area contributed by atoms with E-state index in [4.69, 9.17) is 0 Å². The number of aldehydes is 1. The summed E-state index contributed by atoms with van der Waals surface area (Å²) >= 11 is 3.53. The smallest absolute Gasteiger partial charge is 0.141 e. The summed E-state index contributed by atoms with van der Waals surface area (Å²) in [6, 6.07) is 14.3. The first-order valence-corrected chi connectivity index (χ1v) is 11.0. The van der Waals surface area contributed by atoms with Crippen LogP contribution in [0.25, 0.3) is 0 Å². The first kappa shape index (κ1) is 20.5. The summed E-state index contributed by atoms with van der Waals surface area (Å²) in [7, 11) is 2.05. The predicted octanol–water partition coefficient (Wildman–Crippen LogP) is 2.86. The summed E-state index contributed by atoms with van der Waals surface area (Å²) in [5.41, 5.74) is 4.84. The lowest BCUT2D eigenvalue weighted by molar-refractivity contribution is -0.113. The minimum atomic E-state index is -0.495. The van der Waals surface area contributed by atoms with Crippen LogP contribution in [-0.2, 0) is 17.8 Å². The molecule has 2 aliphatic rings. The molecule has 0 saturated carbocycles. The van der Waals surface area contributed by atoms with Crippen LogP contribution in [-0.4, -0.2) is 67.1 Å². The van der Waals surface area contributed by atoms with E-state index in [1.807, 2.05) is 12.1 Å². The van der Waals surface area contributed by atoms with Crippen molar-refractivity contribution in [3.05, 3.63) is 63.6 Å². The zero-order valence-electron chi connectivity index (χ0n) is 16.8. The molecule has 0 amide bonds. The Morgan fingerprint density at radius 3 is 2.72 bits per heavy atom. The van der Waals surface area contributed by atoms with Gasteiger partial charge in [0, 0.05) is 56.5 Å². The number of anilines is 1. The van der Waals surface area contributed by atoms with Crippen LogP contribution in [0, 0.1) is 0 Å². The van der Waals surface area contributed by atoms with Crippen molar-refractivity contribution in [2.24, 2.45) is 0 Å². The van der Waals surface area contributed by atoms with Crippen LogP contribution >= 0.6 is 15.9 Å². The normalized spacial score (nSPS) is 21.2. The maximum Gasteiger partial charge on any atom is 0.141 e. The number of carbonyl (C=O) groups excluding carboxylic acids is 1. The number of halogens is 1. The average Bonchev–Trinajstić information content (AvgIpc) is 2.84. The van der Waals surface area contributed by atoms with Crippen LogP contribution < -0.4 is 4.90 Å². The third kappa shape index (κ3) is 4.56. The molecular weight excluding hydrogens is 430 g/mol. The molecule has 0 aliphatic carbocycles. The molecule has 4 rings (SSSR count). The van der Waals surface area contributed by atoms with Crippen molar-refractivity contribution in [1.29, 1.82) is 0 Å². The predicted molar refractivity (Wildman–Crippen MR) is 119 cm³/mol. The number of aliphatic hydroxyl groups is 1. The van der Waals surface area contributed by atoms with E-state index >= 15 is 0 Å². The molecule has 0 saturated heterocycles. The van der Waals surface area contributed by atoms with Gasteiger partial charge in [0.1, 0.15) is 6.29 Å². The molecule has 2 atom stereocenters. The van der Waals surface area contributed by atoms with Gasteiger partial charge in [0.05, 0.1) is 12.1 Å². The van der Waals surface area contributed by atoms with Crippen molar-refractivity contribution < 1.29 is 9.90 Å². The monoisotopic (exact) mass is 457 g/mol. The summed E-state index contributed by atoms with van der Waals surface area (Å²) in [5.74, 6) is 0. The molecule has 0 spiro atoms. The summed E-state index contributed by atoms with van der Waals surface area (Å²) in [6.07, 6.45) is 1.54. The van der Waals surface area contributed by atoms with Crippen molar-refractivity contribution >= 4 is 27.9 Å². The zero-order chi connectivity index (χ0) is 20.4. The number of nitrogens with zero attached hydrogens (tertiary/aromatic N) is 3. The van der Waals surface area contributed by atoms with E-state index in [0.29, 0.717) is 13.1 Å². The Morgan fingerprint density at radius 1 is 1.14 bits per heavy atom. The maximum atomic E-state index is 12.0. The number of aliphatic hydroxyl groups excluding tert-OH is 1. The number of hydrogen-bond donors (Lipinski definition) is 1. The molecule has 2 aromatic carbocycles. The lowest BCUT2D eigenvalue weighted by atomic mass is 9.99. The second-order valence-corrected chi connectivity index (χ2v) is 9.02. The molecule has 29 heavy (non-hydrogen) atoms. The van der Waals surface area contributed by atoms with Crippen LogP contribution in [0.5, 0.6) is 0 Å². The minimum absolute atomic E-state index is 0.334.